The number of fused-ring (bicyclic) bond motifs is 2. The highest BCUT2D eigenvalue weighted by atomic mass is 16.5. The Labute approximate surface area is 184 Å². The monoisotopic (exact) mass is 433 g/mol. The first-order chi connectivity index (χ1) is 15.5. The van der Waals surface area contributed by atoms with Gasteiger partial charge in [0.1, 0.15) is 16.9 Å². The van der Waals surface area contributed by atoms with Gasteiger partial charge in [-0.3, -0.25) is 4.79 Å². The summed E-state index contributed by atoms with van der Waals surface area (Å²) in [5, 5.41) is 2.85. The molecule has 0 unspecified atom stereocenters. The molecule has 2 heterocycles. The van der Waals surface area contributed by atoms with Crippen LogP contribution in [0.1, 0.15) is 10.4 Å². The summed E-state index contributed by atoms with van der Waals surface area (Å²) in [4.78, 5) is 22.7. The number of amides is 1. The van der Waals surface area contributed by atoms with Crippen LogP contribution < -0.4 is 25.3 Å². The lowest BCUT2D eigenvalue weighted by Gasteiger charge is -2.14. The summed E-state index contributed by atoms with van der Waals surface area (Å²) in [6, 6.07) is 10.7. The van der Waals surface area contributed by atoms with E-state index in [1.54, 1.807) is 22.8 Å². The van der Waals surface area contributed by atoms with Crippen molar-refractivity contribution < 1.29 is 19.0 Å². The molecule has 0 aliphatic rings. The van der Waals surface area contributed by atoms with E-state index < -0.39 is 5.91 Å². The molecule has 0 spiro atoms. The number of hydrogen-bond donors (Lipinski definition) is 2. The Morgan fingerprint density at radius 2 is 1.72 bits per heavy atom. The maximum atomic E-state index is 13.3. The zero-order chi connectivity index (χ0) is 22.8. The molecule has 9 nitrogen and oxygen atoms in total. The van der Waals surface area contributed by atoms with Crippen LogP contribution in [-0.2, 0) is 6.54 Å². The Balaban J connectivity index is 1.84. The fraction of sp³-hybridized carbons (Fsp3) is 0.174. The molecule has 0 aliphatic carbocycles. The van der Waals surface area contributed by atoms with Crippen molar-refractivity contribution in [2.24, 2.45) is 0 Å². The van der Waals surface area contributed by atoms with E-state index in [2.05, 4.69) is 21.9 Å². The van der Waals surface area contributed by atoms with E-state index in [1.807, 2.05) is 24.3 Å². The maximum absolute atomic E-state index is 13.3. The summed E-state index contributed by atoms with van der Waals surface area (Å²) in [5.74, 6) is 1.06. The second-order valence-electron chi connectivity index (χ2n) is 6.91. The first-order valence-electron chi connectivity index (χ1n) is 9.79. The van der Waals surface area contributed by atoms with Crippen molar-refractivity contribution >= 4 is 39.6 Å². The van der Waals surface area contributed by atoms with Gasteiger partial charge in [0.25, 0.3) is 5.91 Å². The average Bonchev–Trinajstić information content (AvgIpc) is 3.07. The predicted octanol–water partition coefficient (Wildman–Crippen LogP) is 3.63. The van der Waals surface area contributed by atoms with Crippen molar-refractivity contribution in [3.8, 4) is 17.2 Å². The van der Waals surface area contributed by atoms with Gasteiger partial charge in [-0.1, -0.05) is 18.2 Å². The van der Waals surface area contributed by atoms with E-state index in [4.69, 9.17) is 19.9 Å². The lowest BCUT2D eigenvalue weighted by Crippen LogP contribution is -2.15. The van der Waals surface area contributed by atoms with Gasteiger partial charge in [-0.05, 0) is 12.1 Å². The van der Waals surface area contributed by atoms with Crippen LogP contribution >= 0.6 is 0 Å². The number of nitrogens with zero attached hydrogens (tertiary/aromatic N) is 3. The van der Waals surface area contributed by atoms with E-state index >= 15 is 0 Å². The van der Waals surface area contributed by atoms with Crippen LogP contribution in [-0.4, -0.2) is 41.8 Å². The van der Waals surface area contributed by atoms with Crippen LogP contribution in [0.4, 0.5) is 11.5 Å². The number of nitrogen functional groups attached to an aromatic ring is 1. The molecule has 1 amide bonds. The van der Waals surface area contributed by atoms with Gasteiger partial charge in [-0.25, -0.2) is 9.97 Å². The molecule has 0 saturated carbocycles. The summed E-state index contributed by atoms with van der Waals surface area (Å²) < 4.78 is 17.8. The number of anilines is 2. The van der Waals surface area contributed by atoms with Crippen molar-refractivity contribution in [1.29, 1.82) is 0 Å². The Hall–Kier alpha value is -4.27. The Bertz CT molecular complexity index is 1320. The second kappa shape index (κ2) is 8.46. The fourth-order valence-electron chi connectivity index (χ4n) is 3.60. The Morgan fingerprint density at radius 3 is 2.28 bits per heavy atom. The standard InChI is InChI=1S/C23H23N5O4/c1-5-10-28-21(24)18(19-22(28)27-15-9-7-6-8-14(15)26-19)23(29)25-13-11-16(30-2)20(32-4)17(12-13)31-3/h5-9,11-12H,1,10,24H2,2-4H3,(H,25,29). The van der Waals surface area contributed by atoms with Crippen LogP contribution in [0.2, 0.25) is 0 Å². The van der Waals surface area contributed by atoms with Crippen LogP contribution in [0.25, 0.3) is 22.2 Å². The first kappa shape index (κ1) is 21.0. The molecule has 2 aromatic heterocycles. The third kappa shape index (κ3) is 3.43. The van der Waals surface area contributed by atoms with Crippen LogP contribution in [0, 0.1) is 0 Å². The van der Waals surface area contributed by atoms with E-state index in [0.717, 1.165) is 0 Å². The summed E-state index contributed by atoms with van der Waals surface area (Å²) in [7, 11) is 4.52. The van der Waals surface area contributed by atoms with Gasteiger partial charge in [-0.2, -0.15) is 0 Å². The molecule has 0 bridgehead atoms. The topological polar surface area (TPSA) is 114 Å². The highest BCUT2D eigenvalue weighted by Crippen LogP contribution is 2.40. The maximum Gasteiger partial charge on any atom is 0.261 e. The highest BCUT2D eigenvalue weighted by molar-refractivity contribution is 6.16. The minimum Gasteiger partial charge on any atom is -0.493 e. The van der Waals surface area contributed by atoms with Gasteiger partial charge in [0.05, 0.1) is 32.4 Å². The van der Waals surface area contributed by atoms with Crippen molar-refractivity contribution in [3.05, 3.63) is 54.6 Å². The molecule has 0 radical (unpaired) electrons. The zero-order valence-electron chi connectivity index (χ0n) is 18.0. The zero-order valence-corrected chi connectivity index (χ0v) is 18.0. The van der Waals surface area contributed by atoms with E-state index in [9.17, 15) is 4.79 Å². The van der Waals surface area contributed by atoms with Gasteiger partial charge in [0.2, 0.25) is 5.75 Å². The number of carbonyl (C=O) groups is 1. The summed E-state index contributed by atoms with van der Waals surface area (Å²) in [6.45, 7) is 4.16. The van der Waals surface area contributed by atoms with Gasteiger partial charge in [0.15, 0.2) is 17.1 Å². The predicted molar refractivity (Wildman–Crippen MR) is 124 cm³/mol. The van der Waals surface area contributed by atoms with Crippen molar-refractivity contribution in [1.82, 2.24) is 14.5 Å². The summed E-state index contributed by atoms with van der Waals surface area (Å²) in [6.07, 6.45) is 1.69. The lowest BCUT2D eigenvalue weighted by atomic mass is 10.2. The number of aromatic nitrogens is 3. The molecule has 4 rings (SSSR count). The number of benzene rings is 2. The van der Waals surface area contributed by atoms with Gasteiger partial charge in [0, 0.05) is 24.4 Å². The molecule has 0 aliphatic heterocycles. The molecule has 2 aromatic carbocycles. The number of para-hydroxylation sites is 2. The third-order valence-electron chi connectivity index (χ3n) is 5.05. The minimum absolute atomic E-state index is 0.230. The molecule has 9 heteroatoms. The molecular formula is C23H23N5O4. The van der Waals surface area contributed by atoms with Crippen LogP contribution in [0.3, 0.4) is 0 Å². The SMILES string of the molecule is C=CCn1c(N)c(C(=O)Nc2cc(OC)c(OC)c(OC)c2)c2nc3ccccc3nc21. The lowest BCUT2D eigenvalue weighted by molar-refractivity contribution is 0.102. The summed E-state index contributed by atoms with van der Waals surface area (Å²) >= 11 is 0. The number of nitrogens with one attached hydrogen (secondary N) is 1. The number of carbonyl (C=O) groups excluding carboxylic acids is 1. The third-order valence-corrected chi connectivity index (χ3v) is 5.05. The molecule has 0 saturated heterocycles. The smallest absolute Gasteiger partial charge is 0.261 e. The minimum atomic E-state index is -0.436. The molecule has 164 valence electrons. The summed E-state index contributed by atoms with van der Waals surface area (Å²) in [5.41, 5.74) is 9.35. The number of allylic oxidation sites excluding steroid dienone is 1. The quantitative estimate of drug-likeness (QED) is 0.428. The number of methoxy groups -OCH3 is 3. The molecule has 0 atom stereocenters. The van der Waals surface area contributed by atoms with Crippen molar-refractivity contribution in [3.63, 3.8) is 0 Å². The highest BCUT2D eigenvalue weighted by Gasteiger charge is 2.24. The average molecular weight is 433 g/mol. The second-order valence-corrected chi connectivity index (χ2v) is 6.91. The van der Waals surface area contributed by atoms with Gasteiger partial charge < -0.3 is 29.8 Å². The van der Waals surface area contributed by atoms with E-state index in [0.29, 0.717) is 51.7 Å². The Kier molecular flexibility index (Phi) is 5.55. The molecule has 3 N–H and O–H groups in total. The van der Waals surface area contributed by atoms with Crippen molar-refractivity contribution in [2.75, 3.05) is 32.4 Å². The van der Waals surface area contributed by atoms with Gasteiger partial charge >= 0.3 is 0 Å². The first-order valence-corrected chi connectivity index (χ1v) is 9.79. The van der Waals surface area contributed by atoms with E-state index in [1.165, 1.54) is 21.3 Å². The van der Waals surface area contributed by atoms with Crippen molar-refractivity contribution in [2.45, 2.75) is 6.54 Å². The normalized spacial score (nSPS) is 10.8. The number of hydrogen-bond acceptors (Lipinski definition) is 7. The number of rotatable bonds is 7. The largest absolute Gasteiger partial charge is 0.493 e. The van der Waals surface area contributed by atoms with Crippen LogP contribution in [0.15, 0.2) is 49.1 Å². The molecule has 32 heavy (non-hydrogen) atoms. The fourth-order valence-corrected chi connectivity index (χ4v) is 3.60. The molecule has 4 aromatic rings. The Morgan fingerprint density at radius 1 is 1.09 bits per heavy atom. The van der Waals surface area contributed by atoms with Gasteiger partial charge in [-0.15, -0.1) is 6.58 Å². The van der Waals surface area contributed by atoms with Crippen LogP contribution in [0.5, 0.6) is 17.2 Å². The number of nitrogens with two attached hydrogens (primary N) is 1. The molecular weight excluding hydrogens is 410 g/mol. The molecule has 0 fully saturated rings. The number of ether oxygens (including phenoxy) is 3. The van der Waals surface area contributed by atoms with E-state index in [-0.39, 0.29) is 11.4 Å².